The molecule has 0 radical (unpaired) electrons. The molecule has 104 valence electrons. The number of hydrogen-bond donors (Lipinski definition) is 1. The van der Waals surface area contributed by atoms with E-state index >= 15 is 0 Å². The highest BCUT2D eigenvalue weighted by molar-refractivity contribution is 8.14. The fourth-order valence-corrected chi connectivity index (χ4v) is 3.94. The maximum absolute atomic E-state index is 4.80. The highest BCUT2D eigenvalue weighted by Gasteiger charge is 2.22. The van der Waals surface area contributed by atoms with Gasteiger partial charge in [0.05, 0.1) is 0 Å². The van der Waals surface area contributed by atoms with Crippen LogP contribution in [0, 0.1) is 17.8 Å². The molecule has 1 saturated heterocycles. The number of rotatable bonds is 4. The average molecular weight is 268 g/mol. The Kier molecular flexibility index (Phi) is 5.40. The molecule has 1 heterocycles. The SMILES string of the molecule is CC(C)CC1CSC(=NCC2CCC(C)CC2)N1. The van der Waals surface area contributed by atoms with Gasteiger partial charge in [0.2, 0.25) is 0 Å². The van der Waals surface area contributed by atoms with E-state index in [4.69, 9.17) is 4.99 Å². The lowest BCUT2D eigenvalue weighted by atomic mass is 9.83. The Bertz CT molecular complexity index is 280. The Hall–Kier alpha value is -0.180. The van der Waals surface area contributed by atoms with Gasteiger partial charge in [-0.05, 0) is 37.0 Å². The molecule has 2 rings (SSSR count). The standard InChI is InChI=1S/C15H28N2S/c1-11(2)8-14-10-18-15(17-14)16-9-13-6-4-12(3)5-7-13/h11-14H,4-10H2,1-3H3,(H,16,17). The fraction of sp³-hybridized carbons (Fsp3) is 0.933. The lowest BCUT2D eigenvalue weighted by Crippen LogP contribution is -2.28. The van der Waals surface area contributed by atoms with Crippen LogP contribution in [-0.2, 0) is 0 Å². The van der Waals surface area contributed by atoms with Gasteiger partial charge in [-0.1, -0.05) is 45.4 Å². The monoisotopic (exact) mass is 268 g/mol. The van der Waals surface area contributed by atoms with Crippen molar-refractivity contribution in [2.45, 2.75) is 58.9 Å². The summed E-state index contributed by atoms with van der Waals surface area (Å²) in [6, 6.07) is 0.653. The predicted octanol–water partition coefficient (Wildman–Crippen LogP) is 3.92. The van der Waals surface area contributed by atoms with E-state index in [2.05, 4.69) is 26.1 Å². The Balaban J connectivity index is 1.71. The summed E-state index contributed by atoms with van der Waals surface area (Å²) in [5.41, 5.74) is 0. The topological polar surface area (TPSA) is 24.4 Å². The summed E-state index contributed by atoms with van der Waals surface area (Å²) in [5.74, 6) is 3.78. The van der Waals surface area contributed by atoms with Gasteiger partial charge in [-0.3, -0.25) is 4.99 Å². The van der Waals surface area contributed by atoms with Crippen LogP contribution in [0.3, 0.4) is 0 Å². The molecule has 3 heteroatoms. The number of nitrogens with one attached hydrogen (secondary N) is 1. The van der Waals surface area contributed by atoms with E-state index in [0.717, 1.165) is 24.3 Å². The molecule has 1 saturated carbocycles. The van der Waals surface area contributed by atoms with Gasteiger partial charge in [-0.25, -0.2) is 0 Å². The van der Waals surface area contributed by atoms with E-state index in [1.807, 2.05) is 11.8 Å². The number of aliphatic imine (C=N–C) groups is 1. The largest absolute Gasteiger partial charge is 0.361 e. The van der Waals surface area contributed by atoms with Crippen molar-refractivity contribution >= 4 is 16.9 Å². The highest BCUT2D eigenvalue weighted by atomic mass is 32.2. The van der Waals surface area contributed by atoms with Crippen molar-refractivity contribution in [2.24, 2.45) is 22.7 Å². The van der Waals surface area contributed by atoms with Gasteiger partial charge in [0.15, 0.2) is 5.17 Å². The van der Waals surface area contributed by atoms with Crippen LogP contribution in [0.5, 0.6) is 0 Å². The summed E-state index contributed by atoms with van der Waals surface area (Å²) in [6.07, 6.45) is 6.86. The molecule has 1 aliphatic carbocycles. The second-order valence-electron chi connectivity index (χ2n) is 6.55. The van der Waals surface area contributed by atoms with Crippen molar-refractivity contribution in [2.75, 3.05) is 12.3 Å². The summed E-state index contributed by atoms with van der Waals surface area (Å²) < 4.78 is 0. The molecule has 0 amide bonds. The van der Waals surface area contributed by atoms with E-state index in [0.29, 0.717) is 6.04 Å². The third-order valence-corrected chi connectivity index (χ3v) is 5.22. The molecular weight excluding hydrogens is 240 g/mol. The van der Waals surface area contributed by atoms with Crippen molar-refractivity contribution in [3.05, 3.63) is 0 Å². The summed E-state index contributed by atoms with van der Waals surface area (Å²) in [5, 5.41) is 4.79. The number of amidine groups is 1. The molecule has 18 heavy (non-hydrogen) atoms. The Labute approximate surface area is 116 Å². The van der Waals surface area contributed by atoms with Crippen LogP contribution in [0.15, 0.2) is 4.99 Å². The zero-order valence-electron chi connectivity index (χ0n) is 12.1. The average Bonchev–Trinajstić information content (AvgIpc) is 2.75. The van der Waals surface area contributed by atoms with Gasteiger partial charge in [0.1, 0.15) is 0 Å². The van der Waals surface area contributed by atoms with Crippen LogP contribution in [0.2, 0.25) is 0 Å². The quantitative estimate of drug-likeness (QED) is 0.835. The van der Waals surface area contributed by atoms with Crippen molar-refractivity contribution < 1.29 is 0 Å². The van der Waals surface area contributed by atoms with E-state index in [1.165, 1.54) is 43.0 Å². The number of thioether (sulfide) groups is 1. The first kappa shape index (κ1) is 14.2. The lowest BCUT2D eigenvalue weighted by molar-refractivity contribution is 0.296. The maximum Gasteiger partial charge on any atom is 0.156 e. The summed E-state index contributed by atoms with van der Waals surface area (Å²) in [6.45, 7) is 8.03. The first-order chi connectivity index (χ1) is 8.63. The minimum atomic E-state index is 0.653. The molecule has 1 unspecified atom stereocenters. The summed E-state index contributed by atoms with van der Waals surface area (Å²) in [4.78, 5) is 4.80. The molecule has 1 atom stereocenters. The van der Waals surface area contributed by atoms with Crippen LogP contribution in [0.4, 0.5) is 0 Å². The molecule has 0 spiro atoms. The molecular formula is C15H28N2S. The van der Waals surface area contributed by atoms with E-state index in [1.54, 1.807) is 0 Å². The smallest absolute Gasteiger partial charge is 0.156 e. The number of hydrogen-bond acceptors (Lipinski definition) is 2. The summed E-state index contributed by atoms with van der Waals surface area (Å²) in [7, 11) is 0. The van der Waals surface area contributed by atoms with E-state index in [-0.39, 0.29) is 0 Å². The van der Waals surface area contributed by atoms with Crippen LogP contribution in [-0.4, -0.2) is 23.5 Å². The number of nitrogens with zero attached hydrogens (tertiary/aromatic N) is 1. The fourth-order valence-electron chi connectivity index (χ4n) is 2.95. The Morgan fingerprint density at radius 2 is 2.00 bits per heavy atom. The zero-order chi connectivity index (χ0) is 13.0. The van der Waals surface area contributed by atoms with Gasteiger partial charge in [0.25, 0.3) is 0 Å². The lowest BCUT2D eigenvalue weighted by Gasteiger charge is -2.24. The van der Waals surface area contributed by atoms with Crippen molar-refractivity contribution in [3.63, 3.8) is 0 Å². The normalized spacial score (nSPS) is 35.1. The highest BCUT2D eigenvalue weighted by Crippen LogP contribution is 2.29. The molecule has 0 bridgehead atoms. The molecule has 2 nitrogen and oxygen atoms in total. The second kappa shape index (κ2) is 6.83. The van der Waals surface area contributed by atoms with E-state index < -0.39 is 0 Å². The third-order valence-electron chi connectivity index (χ3n) is 4.13. The minimum Gasteiger partial charge on any atom is -0.361 e. The van der Waals surface area contributed by atoms with Gasteiger partial charge in [0, 0.05) is 18.3 Å². The molecule has 2 fully saturated rings. The van der Waals surface area contributed by atoms with Gasteiger partial charge in [-0.2, -0.15) is 0 Å². The Morgan fingerprint density at radius 1 is 1.28 bits per heavy atom. The molecule has 0 aromatic carbocycles. The minimum absolute atomic E-state index is 0.653. The van der Waals surface area contributed by atoms with Gasteiger partial charge in [-0.15, -0.1) is 0 Å². The van der Waals surface area contributed by atoms with Gasteiger partial charge < -0.3 is 5.32 Å². The third kappa shape index (κ3) is 4.49. The van der Waals surface area contributed by atoms with Gasteiger partial charge >= 0.3 is 0 Å². The van der Waals surface area contributed by atoms with Crippen LogP contribution in [0.1, 0.15) is 52.9 Å². The second-order valence-corrected chi connectivity index (χ2v) is 7.56. The van der Waals surface area contributed by atoms with E-state index in [9.17, 15) is 0 Å². The molecule has 0 aromatic rings. The van der Waals surface area contributed by atoms with Crippen LogP contribution < -0.4 is 5.32 Å². The Morgan fingerprint density at radius 3 is 2.67 bits per heavy atom. The van der Waals surface area contributed by atoms with Crippen LogP contribution >= 0.6 is 11.8 Å². The van der Waals surface area contributed by atoms with Crippen molar-refractivity contribution in [1.82, 2.24) is 5.32 Å². The first-order valence-corrected chi connectivity index (χ1v) is 8.55. The zero-order valence-corrected chi connectivity index (χ0v) is 12.9. The van der Waals surface area contributed by atoms with Crippen LogP contribution in [0.25, 0.3) is 0 Å². The maximum atomic E-state index is 4.80. The first-order valence-electron chi connectivity index (χ1n) is 7.57. The summed E-state index contributed by atoms with van der Waals surface area (Å²) >= 11 is 1.92. The predicted molar refractivity (Wildman–Crippen MR) is 82.3 cm³/mol. The van der Waals surface area contributed by atoms with Crippen molar-refractivity contribution in [1.29, 1.82) is 0 Å². The molecule has 2 aliphatic rings. The van der Waals surface area contributed by atoms with Crippen molar-refractivity contribution in [3.8, 4) is 0 Å². The molecule has 1 N–H and O–H groups in total. The molecule has 0 aromatic heterocycles. The molecule has 1 aliphatic heterocycles.